The molecule has 3 rings (SSSR count). The van der Waals surface area contributed by atoms with Crippen molar-refractivity contribution in [1.29, 1.82) is 0 Å². The number of fused-ring (bicyclic) bond motifs is 1. The maximum Gasteiger partial charge on any atom is 0.337 e. The fourth-order valence-corrected chi connectivity index (χ4v) is 3.14. The zero-order valence-electron chi connectivity index (χ0n) is 16.5. The van der Waals surface area contributed by atoms with E-state index in [1.807, 2.05) is 56.3 Å². The fourth-order valence-electron chi connectivity index (χ4n) is 3.14. The van der Waals surface area contributed by atoms with Gasteiger partial charge >= 0.3 is 5.97 Å². The van der Waals surface area contributed by atoms with Gasteiger partial charge in [0.2, 0.25) is 5.91 Å². The average Bonchev–Trinajstić information content (AvgIpc) is 2.71. The minimum absolute atomic E-state index is 0.0651. The number of anilines is 1. The van der Waals surface area contributed by atoms with Gasteiger partial charge in [-0.2, -0.15) is 0 Å². The van der Waals surface area contributed by atoms with E-state index in [0.29, 0.717) is 12.2 Å². The molecule has 0 unspecified atom stereocenters. The molecule has 0 aliphatic heterocycles. The van der Waals surface area contributed by atoms with Gasteiger partial charge in [0, 0.05) is 12.6 Å². The number of amides is 1. The summed E-state index contributed by atoms with van der Waals surface area (Å²) in [4.78, 5) is 24.1. The zero-order chi connectivity index (χ0) is 20.8. The zero-order valence-corrected chi connectivity index (χ0v) is 16.5. The first kappa shape index (κ1) is 20.3. The predicted molar refractivity (Wildman–Crippen MR) is 117 cm³/mol. The minimum atomic E-state index is -1.08. The van der Waals surface area contributed by atoms with Gasteiger partial charge in [-0.15, -0.1) is 0 Å². The average molecular weight is 388 g/mol. The number of hydrogen-bond donors (Lipinski definition) is 3. The maximum absolute atomic E-state index is 12.6. The molecule has 3 aromatic carbocycles. The van der Waals surface area contributed by atoms with Gasteiger partial charge in [0.1, 0.15) is 0 Å². The van der Waals surface area contributed by atoms with Gasteiger partial charge in [0.15, 0.2) is 0 Å². The summed E-state index contributed by atoms with van der Waals surface area (Å²) in [6.07, 6.45) is 1.49. The van der Waals surface area contributed by atoms with Crippen molar-refractivity contribution in [1.82, 2.24) is 5.32 Å². The number of allylic oxidation sites excluding steroid dienone is 1. The Morgan fingerprint density at radius 1 is 1.00 bits per heavy atom. The van der Waals surface area contributed by atoms with Crippen LogP contribution in [0, 0.1) is 0 Å². The molecule has 5 nitrogen and oxygen atoms in total. The smallest absolute Gasteiger partial charge is 0.337 e. The Bertz CT molecular complexity index is 1090. The van der Waals surface area contributed by atoms with Gasteiger partial charge in [-0.05, 0) is 59.1 Å². The molecule has 0 heterocycles. The van der Waals surface area contributed by atoms with Gasteiger partial charge in [-0.3, -0.25) is 4.79 Å². The van der Waals surface area contributed by atoms with Crippen LogP contribution in [0.25, 0.3) is 16.3 Å². The third-order valence-corrected chi connectivity index (χ3v) is 4.70. The van der Waals surface area contributed by atoms with Crippen LogP contribution in [0.4, 0.5) is 5.69 Å². The number of rotatable bonds is 7. The van der Waals surface area contributed by atoms with Crippen LogP contribution in [-0.4, -0.2) is 23.5 Å². The molecule has 0 atom stereocenters. The van der Waals surface area contributed by atoms with E-state index < -0.39 is 5.97 Å². The van der Waals surface area contributed by atoms with E-state index in [2.05, 4.69) is 10.6 Å². The van der Waals surface area contributed by atoms with Crippen LogP contribution in [0.3, 0.4) is 0 Å². The van der Waals surface area contributed by atoms with Crippen molar-refractivity contribution in [2.75, 3.05) is 11.9 Å². The van der Waals surface area contributed by atoms with E-state index in [0.717, 1.165) is 34.0 Å². The molecule has 3 aromatic rings. The summed E-state index contributed by atoms with van der Waals surface area (Å²) in [5.41, 5.74) is 3.00. The number of nitrogens with one attached hydrogen (secondary N) is 2. The third-order valence-electron chi connectivity index (χ3n) is 4.70. The highest BCUT2D eigenvalue weighted by molar-refractivity contribution is 6.07. The molecule has 0 aromatic heterocycles. The Balaban J connectivity index is 1.83. The highest BCUT2D eigenvalue weighted by Gasteiger charge is 2.13. The van der Waals surface area contributed by atoms with E-state index in [1.165, 1.54) is 12.1 Å². The lowest BCUT2D eigenvalue weighted by atomic mass is 10.0. The van der Waals surface area contributed by atoms with Gasteiger partial charge in [0.25, 0.3) is 0 Å². The molecule has 0 bridgehead atoms. The molecular weight excluding hydrogens is 364 g/mol. The Morgan fingerprint density at radius 3 is 2.48 bits per heavy atom. The van der Waals surface area contributed by atoms with Crippen molar-refractivity contribution in [2.45, 2.75) is 20.4 Å². The van der Waals surface area contributed by atoms with Crippen molar-refractivity contribution in [3.05, 3.63) is 83.4 Å². The van der Waals surface area contributed by atoms with Crippen LogP contribution in [0.15, 0.2) is 66.7 Å². The molecule has 0 saturated carbocycles. The van der Waals surface area contributed by atoms with Gasteiger partial charge in [0.05, 0.1) is 11.3 Å². The summed E-state index contributed by atoms with van der Waals surface area (Å²) in [7, 11) is 0. The highest BCUT2D eigenvalue weighted by atomic mass is 16.4. The van der Waals surface area contributed by atoms with E-state index in [1.54, 1.807) is 12.1 Å². The normalized spacial score (nSPS) is 11.4. The van der Waals surface area contributed by atoms with Crippen LogP contribution in [0.5, 0.6) is 0 Å². The van der Waals surface area contributed by atoms with Crippen molar-refractivity contribution in [3.8, 4) is 0 Å². The number of aromatic carboxylic acids is 1. The molecule has 0 spiro atoms. The summed E-state index contributed by atoms with van der Waals surface area (Å²) in [5, 5.41) is 17.6. The summed E-state index contributed by atoms with van der Waals surface area (Å²) in [5.74, 6) is -1.44. The molecule has 0 aliphatic carbocycles. The molecule has 5 heteroatoms. The molecule has 0 radical (unpaired) electrons. The first-order valence-electron chi connectivity index (χ1n) is 9.53. The summed E-state index contributed by atoms with van der Waals surface area (Å²) in [6.45, 7) is 5.26. The monoisotopic (exact) mass is 388 g/mol. The number of benzene rings is 3. The second kappa shape index (κ2) is 9.17. The van der Waals surface area contributed by atoms with Crippen LogP contribution in [-0.2, 0) is 11.3 Å². The summed E-state index contributed by atoms with van der Waals surface area (Å²) in [6, 6.07) is 19.0. The number of carbonyl (C=O) groups is 2. The van der Waals surface area contributed by atoms with E-state index in [-0.39, 0.29) is 11.5 Å². The summed E-state index contributed by atoms with van der Waals surface area (Å²) >= 11 is 0. The Morgan fingerprint density at radius 2 is 1.76 bits per heavy atom. The Labute approximate surface area is 170 Å². The molecule has 1 amide bonds. The molecular formula is C24H24N2O3. The standard InChI is InChI=1S/C24H24N2O3/c1-3-25-15-17-8-11-21(24(28)29)22(13-17)26-23(27)12-16(2)19-10-9-18-6-4-5-7-20(18)14-19/h4-14,25H,3,15H2,1-2H3,(H,26,27)(H,28,29)/b16-12-. The third kappa shape index (κ3) is 5.09. The van der Waals surface area contributed by atoms with Crippen molar-refractivity contribution in [2.24, 2.45) is 0 Å². The lowest BCUT2D eigenvalue weighted by Gasteiger charge is -2.11. The lowest BCUT2D eigenvalue weighted by Crippen LogP contribution is -2.15. The molecule has 0 saturated heterocycles. The number of hydrogen-bond acceptors (Lipinski definition) is 3. The fraction of sp³-hybridized carbons (Fsp3) is 0.167. The molecule has 29 heavy (non-hydrogen) atoms. The molecule has 148 valence electrons. The highest BCUT2D eigenvalue weighted by Crippen LogP contribution is 2.22. The molecule has 3 N–H and O–H groups in total. The van der Waals surface area contributed by atoms with Crippen LogP contribution < -0.4 is 10.6 Å². The molecule has 0 aliphatic rings. The van der Waals surface area contributed by atoms with Crippen molar-refractivity contribution < 1.29 is 14.7 Å². The number of carboxylic acids is 1. The lowest BCUT2D eigenvalue weighted by molar-refractivity contribution is -0.111. The Kier molecular flexibility index (Phi) is 6.42. The van der Waals surface area contributed by atoms with Crippen LogP contribution >= 0.6 is 0 Å². The maximum atomic E-state index is 12.6. The summed E-state index contributed by atoms with van der Waals surface area (Å²) < 4.78 is 0. The van der Waals surface area contributed by atoms with Crippen LogP contribution in [0.2, 0.25) is 0 Å². The first-order chi connectivity index (χ1) is 14.0. The number of carbonyl (C=O) groups excluding carboxylic acids is 1. The van der Waals surface area contributed by atoms with Gasteiger partial charge in [-0.1, -0.05) is 49.4 Å². The van der Waals surface area contributed by atoms with Gasteiger partial charge in [-0.25, -0.2) is 4.79 Å². The van der Waals surface area contributed by atoms with E-state index in [9.17, 15) is 14.7 Å². The first-order valence-corrected chi connectivity index (χ1v) is 9.53. The largest absolute Gasteiger partial charge is 0.478 e. The quantitative estimate of drug-likeness (QED) is 0.513. The van der Waals surface area contributed by atoms with Crippen molar-refractivity contribution >= 4 is 33.9 Å². The van der Waals surface area contributed by atoms with Gasteiger partial charge < -0.3 is 15.7 Å². The predicted octanol–water partition coefficient (Wildman–Crippen LogP) is 4.69. The van der Waals surface area contributed by atoms with E-state index >= 15 is 0 Å². The topological polar surface area (TPSA) is 78.4 Å². The van der Waals surface area contributed by atoms with Crippen molar-refractivity contribution in [3.63, 3.8) is 0 Å². The van der Waals surface area contributed by atoms with E-state index in [4.69, 9.17) is 0 Å². The Hall–Kier alpha value is -3.44. The number of carboxylic acid groups (broad SMARTS) is 1. The molecule has 0 fully saturated rings. The SMILES string of the molecule is CCNCc1ccc(C(=O)O)c(NC(=O)/C=C(/C)c2ccc3ccccc3c2)c1. The van der Waals surface area contributed by atoms with Crippen LogP contribution in [0.1, 0.15) is 35.3 Å². The minimum Gasteiger partial charge on any atom is -0.478 e. The second-order valence-corrected chi connectivity index (χ2v) is 6.84. The second-order valence-electron chi connectivity index (χ2n) is 6.84.